The van der Waals surface area contributed by atoms with E-state index < -0.39 is 0 Å². The highest BCUT2D eigenvalue weighted by Gasteiger charge is 2.21. The van der Waals surface area contributed by atoms with Gasteiger partial charge in [-0.15, -0.1) is 0 Å². The number of hydrogen-bond donors (Lipinski definition) is 1. The fourth-order valence-corrected chi connectivity index (χ4v) is 2.18. The van der Waals surface area contributed by atoms with Crippen LogP contribution in [0.4, 0.5) is 0 Å². The van der Waals surface area contributed by atoms with E-state index in [1.807, 2.05) is 13.2 Å². The normalized spacial score (nSPS) is 20.4. The molecular formula is C12H20N2O. The summed E-state index contributed by atoms with van der Waals surface area (Å²) >= 11 is 0. The van der Waals surface area contributed by atoms with Gasteiger partial charge < -0.3 is 9.73 Å². The number of hydrogen-bond acceptors (Lipinski definition) is 3. The second kappa shape index (κ2) is 4.79. The molecule has 0 aromatic carbocycles. The lowest BCUT2D eigenvalue weighted by molar-refractivity contribution is 0.339. The Morgan fingerprint density at radius 1 is 1.40 bits per heavy atom. The minimum absolute atomic E-state index is 0.259. The number of oxazole rings is 1. The fraction of sp³-hybridized carbons (Fsp3) is 0.750. The van der Waals surface area contributed by atoms with E-state index in [0.29, 0.717) is 5.92 Å². The lowest BCUT2D eigenvalue weighted by atomic mass is 9.89. The zero-order valence-corrected chi connectivity index (χ0v) is 9.62. The van der Waals surface area contributed by atoms with Crippen LogP contribution in [0.3, 0.4) is 0 Å². The van der Waals surface area contributed by atoms with Crippen LogP contribution in [0.2, 0.25) is 0 Å². The van der Waals surface area contributed by atoms with Gasteiger partial charge in [-0.05, 0) is 26.8 Å². The van der Waals surface area contributed by atoms with Gasteiger partial charge in [0.25, 0.3) is 0 Å². The molecule has 0 bridgehead atoms. The lowest BCUT2D eigenvalue weighted by Crippen LogP contribution is -2.11. The summed E-state index contributed by atoms with van der Waals surface area (Å²) in [7, 11) is 1.94. The van der Waals surface area contributed by atoms with Crippen molar-refractivity contribution in [3.63, 3.8) is 0 Å². The van der Waals surface area contributed by atoms with Gasteiger partial charge in [0.15, 0.2) is 5.89 Å². The molecule has 1 aromatic heterocycles. The van der Waals surface area contributed by atoms with Crippen LogP contribution in [0.1, 0.15) is 62.6 Å². The summed E-state index contributed by atoms with van der Waals surface area (Å²) in [5, 5.41) is 3.16. The van der Waals surface area contributed by atoms with E-state index >= 15 is 0 Å². The van der Waals surface area contributed by atoms with E-state index in [4.69, 9.17) is 4.42 Å². The fourth-order valence-electron chi connectivity index (χ4n) is 2.18. The number of nitrogens with one attached hydrogen (secondary N) is 1. The van der Waals surface area contributed by atoms with E-state index in [2.05, 4.69) is 17.2 Å². The van der Waals surface area contributed by atoms with Crippen molar-refractivity contribution in [3.05, 3.63) is 17.8 Å². The molecule has 3 heteroatoms. The van der Waals surface area contributed by atoms with Crippen molar-refractivity contribution in [3.8, 4) is 0 Å². The number of aromatic nitrogens is 1. The predicted octanol–water partition coefficient (Wildman–Crippen LogP) is 3.00. The van der Waals surface area contributed by atoms with Crippen molar-refractivity contribution in [1.82, 2.24) is 10.3 Å². The molecule has 2 rings (SSSR count). The molecule has 1 aromatic rings. The Bertz CT molecular complexity index is 302. The van der Waals surface area contributed by atoms with E-state index in [0.717, 1.165) is 11.7 Å². The third kappa shape index (κ3) is 2.40. The molecule has 1 heterocycles. The van der Waals surface area contributed by atoms with Crippen LogP contribution in [0.5, 0.6) is 0 Å². The topological polar surface area (TPSA) is 38.1 Å². The Labute approximate surface area is 91.3 Å². The molecule has 0 spiro atoms. The molecule has 1 aliphatic rings. The molecule has 1 N–H and O–H groups in total. The first-order valence-electron chi connectivity index (χ1n) is 5.94. The van der Waals surface area contributed by atoms with E-state index in [-0.39, 0.29) is 6.04 Å². The Hall–Kier alpha value is -0.830. The third-order valence-electron chi connectivity index (χ3n) is 3.36. The SMILES string of the molecule is CNC(C)c1cnc(C2CCCCC2)o1. The van der Waals surface area contributed by atoms with Gasteiger partial charge in [0.2, 0.25) is 0 Å². The van der Waals surface area contributed by atoms with Gasteiger partial charge in [-0.2, -0.15) is 0 Å². The van der Waals surface area contributed by atoms with Crippen LogP contribution in [-0.2, 0) is 0 Å². The van der Waals surface area contributed by atoms with Gasteiger partial charge >= 0.3 is 0 Å². The van der Waals surface area contributed by atoms with E-state index in [1.54, 1.807) is 0 Å². The predicted molar refractivity (Wildman–Crippen MR) is 59.8 cm³/mol. The first-order chi connectivity index (χ1) is 7.31. The average Bonchev–Trinajstić information content (AvgIpc) is 2.78. The van der Waals surface area contributed by atoms with Gasteiger partial charge in [0.05, 0.1) is 12.2 Å². The molecule has 0 saturated heterocycles. The van der Waals surface area contributed by atoms with Gasteiger partial charge in [-0.1, -0.05) is 19.3 Å². The smallest absolute Gasteiger partial charge is 0.197 e. The maximum absolute atomic E-state index is 5.80. The first kappa shape index (κ1) is 10.7. The highest BCUT2D eigenvalue weighted by Crippen LogP contribution is 2.32. The van der Waals surface area contributed by atoms with Crippen LogP contribution in [-0.4, -0.2) is 12.0 Å². The summed E-state index contributed by atoms with van der Waals surface area (Å²) in [4.78, 5) is 4.40. The first-order valence-corrected chi connectivity index (χ1v) is 5.94. The maximum atomic E-state index is 5.80. The molecule has 1 saturated carbocycles. The zero-order valence-electron chi connectivity index (χ0n) is 9.62. The maximum Gasteiger partial charge on any atom is 0.197 e. The lowest BCUT2D eigenvalue weighted by Gasteiger charge is -2.18. The summed E-state index contributed by atoms with van der Waals surface area (Å²) in [5.41, 5.74) is 0. The summed E-state index contributed by atoms with van der Waals surface area (Å²) in [6.07, 6.45) is 8.37. The molecule has 0 amide bonds. The molecule has 3 nitrogen and oxygen atoms in total. The van der Waals surface area contributed by atoms with Crippen molar-refractivity contribution < 1.29 is 4.42 Å². The molecule has 0 radical (unpaired) electrons. The summed E-state index contributed by atoms with van der Waals surface area (Å²) in [6.45, 7) is 2.09. The second-order valence-electron chi connectivity index (χ2n) is 4.45. The van der Waals surface area contributed by atoms with Crippen molar-refractivity contribution in [2.45, 2.75) is 51.0 Å². The quantitative estimate of drug-likeness (QED) is 0.829. The largest absolute Gasteiger partial charge is 0.444 e. The Balaban J connectivity index is 2.05. The van der Waals surface area contributed by atoms with Crippen molar-refractivity contribution in [1.29, 1.82) is 0 Å². The molecular weight excluding hydrogens is 188 g/mol. The summed E-state index contributed by atoms with van der Waals surface area (Å²) < 4.78 is 5.80. The second-order valence-corrected chi connectivity index (χ2v) is 4.45. The Kier molecular flexibility index (Phi) is 3.41. The Morgan fingerprint density at radius 3 is 2.80 bits per heavy atom. The molecule has 1 atom stereocenters. The van der Waals surface area contributed by atoms with Crippen LogP contribution in [0.25, 0.3) is 0 Å². The van der Waals surface area contributed by atoms with Gasteiger partial charge in [-0.3, -0.25) is 0 Å². The standard InChI is InChI=1S/C12H20N2O/c1-9(13-2)11-8-14-12(15-11)10-6-4-3-5-7-10/h8-10,13H,3-7H2,1-2H3. The minimum atomic E-state index is 0.259. The molecule has 0 aliphatic heterocycles. The Morgan fingerprint density at radius 2 is 2.13 bits per heavy atom. The highest BCUT2D eigenvalue weighted by atomic mass is 16.4. The van der Waals surface area contributed by atoms with Crippen LogP contribution >= 0.6 is 0 Å². The number of nitrogens with zero attached hydrogens (tertiary/aromatic N) is 1. The van der Waals surface area contributed by atoms with Crippen LogP contribution < -0.4 is 5.32 Å². The van der Waals surface area contributed by atoms with E-state index in [9.17, 15) is 0 Å². The van der Waals surface area contributed by atoms with Crippen molar-refractivity contribution in [2.24, 2.45) is 0 Å². The average molecular weight is 208 g/mol. The molecule has 84 valence electrons. The van der Waals surface area contributed by atoms with Crippen LogP contribution in [0.15, 0.2) is 10.6 Å². The molecule has 1 aliphatic carbocycles. The molecule has 1 fully saturated rings. The van der Waals surface area contributed by atoms with Crippen molar-refractivity contribution >= 4 is 0 Å². The molecule has 15 heavy (non-hydrogen) atoms. The third-order valence-corrected chi connectivity index (χ3v) is 3.36. The van der Waals surface area contributed by atoms with Crippen molar-refractivity contribution in [2.75, 3.05) is 7.05 Å². The summed E-state index contributed by atoms with van der Waals surface area (Å²) in [6, 6.07) is 0.259. The van der Waals surface area contributed by atoms with E-state index in [1.165, 1.54) is 32.1 Å². The summed E-state index contributed by atoms with van der Waals surface area (Å²) in [5.74, 6) is 2.47. The zero-order chi connectivity index (χ0) is 10.7. The van der Waals surface area contributed by atoms with Gasteiger partial charge in [-0.25, -0.2) is 4.98 Å². The number of rotatable bonds is 3. The highest BCUT2D eigenvalue weighted by molar-refractivity contribution is 5.03. The van der Waals surface area contributed by atoms with Gasteiger partial charge in [0, 0.05) is 5.92 Å². The monoisotopic (exact) mass is 208 g/mol. The minimum Gasteiger partial charge on any atom is -0.444 e. The van der Waals surface area contributed by atoms with Gasteiger partial charge in [0.1, 0.15) is 5.76 Å². The molecule has 1 unspecified atom stereocenters. The van der Waals surface area contributed by atoms with Crippen LogP contribution in [0, 0.1) is 0 Å².